The highest BCUT2D eigenvalue weighted by Crippen LogP contribution is 2.38. The maximum atomic E-state index is 13.3. The molecule has 0 aliphatic carbocycles. The fourth-order valence-corrected chi connectivity index (χ4v) is 4.88. The zero-order chi connectivity index (χ0) is 21.6. The molecule has 0 amide bonds. The first-order valence-electron chi connectivity index (χ1n) is 9.46. The molecule has 0 fully saturated rings. The van der Waals surface area contributed by atoms with Gasteiger partial charge in [-0.25, -0.2) is 31.5 Å². The van der Waals surface area contributed by atoms with E-state index < -0.39 is 15.8 Å². The molecule has 0 saturated carbocycles. The van der Waals surface area contributed by atoms with Gasteiger partial charge in [0.1, 0.15) is 18.3 Å². The highest BCUT2D eigenvalue weighted by atomic mass is 32.2. The number of nitrogens with zero attached hydrogens (tertiary/aromatic N) is 4. The Bertz CT molecular complexity index is 1380. The standard InChI is InChI=1S/C22H16F2N4O2S/c23-16-7-5-15(6-8-16)13-27-14-28(31(29,30)18-11-9-17(24)10-12-18)22-21(27)25-19-3-1-2-4-20(19)26-22/h1-12H,13-14H2. The fraction of sp³-hybridized carbons (Fsp3) is 0.0909. The van der Waals surface area contributed by atoms with Crippen LogP contribution in [0, 0.1) is 11.6 Å². The number of hydrogen-bond donors (Lipinski definition) is 0. The van der Waals surface area contributed by atoms with Crippen molar-refractivity contribution < 1.29 is 17.2 Å². The number of para-hydroxylation sites is 2. The van der Waals surface area contributed by atoms with E-state index in [1.54, 1.807) is 35.2 Å². The second kappa shape index (κ2) is 7.28. The average Bonchev–Trinajstić information content (AvgIpc) is 3.12. The van der Waals surface area contributed by atoms with Gasteiger partial charge in [-0.3, -0.25) is 0 Å². The second-order valence-electron chi connectivity index (χ2n) is 7.13. The highest BCUT2D eigenvalue weighted by molar-refractivity contribution is 7.92. The quantitative estimate of drug-likeness (QED) is 0.480. The van der Waals surface area contributed by atoms with E-state index in [0.717, 1.165) is 17.7 Å². The van der Waals surface area contributed by atoms with Crippen LogP contribution in [0.2, 0.25) is 0 Å². The molecule has 0 saturated heterocycles. The van der Waals surface area contributed by atoms with E-state index in [9.17, 15) is 17.2 Å². The minimum atomic E-state index is -4.01. The zero-order valence-corrected chi connectivity index (χ0v) is 16.9. The summed E-state index contributed by atoms with van der Waals surface area (Å²) in [6, 6.07) is 17.8. The molecule has 3 aromatic carbocycles. The SMILES string of the molecule is O=S(=O)(c1ccc(F)cc1)N1CN(Cc2ccc(F)cc2)c2nc3ccccc3nc21. The molecule has 0 unspecified atom stereocenters. The number of hydrogen-bond acceptors (Lipinski definition) is 5. The monoisotopic (exact) mass is 438 g/mol. The van der Waals surface area contributed by atoms with Crippen molar-refractivity contribution in [1.82, 2.24) is 9.97 Å². The van der Waals surface area contributed by atoms with E-state index in [4.69, 9.17) is 0 Å². The molecule has 0 bridgehead atoms. The van der Waals surface area contributed by atoms with Gasteiger partial charge in [-0.05, 0) is 54.1 Å². The molecule has 1 aliphatic rings. The summed E-state index contributed by atoms with van der Waals surface area (Å²) in [6.45, 7) is 0.290. The predicted molar refractivity (Wildman–Crippen MR) is 113 cm³/mol. The minimum Gasteiger partial charge on any atom is -0.330 e. The molecule has 2 heterocycles. The lowest BCUT2D eigenvalue weighted by atomic mass is 10.2. The zero-order valence-electron chi connectivity index (χ0n) is 16.1. The maximum Gasteiger partial charge on any atom is 0.267 e. The summed E-state index contributed by atoms with van der Waals surface area (Å²) in [5.41, 5.74) is 1.99. The van der Waals surface area contributed by atoms with Crippen LogP contribution in [-0.4, -0.2) is 25.1 Å². The lowest BCUT2D eigenvalue weighted by Crippen LogP contribution is -2.35. The molecule has 9 heteroatoms. The van der Waals surface area contributed by atoms with Crippen LogP contribution in [0.1, 0.15) is 5.56 Å². The van der Waals surface area contributed by atoms with Gasteiger partial charge >= 0.3 is 0 Å². The molecule has 0 spiro atoms. The van der Waals surface area contributed by atoms with Crippen molar-refractivity contribution >= 4 is 32.7 Å². The molecule has 31 heavy (non-hydrogen) atoms. The van der Waals surface area contributed by atoms with Gasteiger partial charge < -0.3 is 4.90 Å². The van der Waals surface area contributed by atoms with Crippen LogP contribution in [0.25, 0.3) is 11.0 Å². The number of aromatic nitrogens is 2. The molecule has 5 rings (SSSR count). The molecule has 6 nitrogen and oxygen atoms in total. The molecule has 1 aliphatic heterocycles. The van der Waals surface area contributed by atoms with Crippen LogP contribution < -0.4 is 9.21 Å². The third kappa shape index (κ3) is 3.46. The van der Waals surface area contributed by atoms with Crippen molar-refractivity contribution in [2.45, 2.75) is 11.4 Å². The largest absolute Gasteiger partial charge is 0.330 e. The van der Waals surface area contributed by atoms with E-state index in [1.165, 1.54) is 28.6 Å². The van der Waals surface area contributed by atoms with Gasteiger partial charge in [0, 0.05) is 6.54 Å². The lowest BCUT2D eigenvalue weighted by molar-refractivity contribution is 0.589. The molecule has 0 atom stereocenters. The molecule has 0 radical (unpaired) electrons. The van der Waals surface area contributed by atoms with Crippen molar-refractivity contribution in [3.8, 4) is 0 Å². The van der Waals surface area contributed by atoms with E-state index in [1.807, 2.05) is 6.07 Å². The van der Waals surface area contributed by atoms with E-state index in [-0.39, 0.29) is 23.2 Å². The van der Waals surface area contributed by atoms with Crippen molar-refractivity contribution in [2.24, 2.45) is 0 Å². The lowest BCUT2D eigenvalue weighted by Gasteiger charge is -2.20. The molecular formula is C22H16F2N4O2S. The van der Waals surface area contributed by atoms with Gasteiger partial charge in [0.25, 0.3) is 10.0 Å². The number of anilines is 2. The van der Waals surface area contributed by atoms with E-state index in [0.29, 0.717) is 23.4 Å². The van der Waals surface area contributed by atoms with Crippen LogP contribution in [-0.2, 0) is 16.6 Å². The topological polar surface area (TPSA) is 66.4 Å². The van der Waals surface area contributed by atoms with Gasteiger partial charge in [-0.1, -0.05) is 24.3 Å². The Morgan fingerprint density at radius 2 is 1.32 bits per heavy atom. The smallest absolute Gasteiger partial charge is 0.267 e. The van der Waals surface area contributed by atoms with Gasteiger partial charge in [0.2, 0.25) is 0 Å². The van der Waals surface area contributed by atoms with Crippen molar-refractivity contribution in [2.75, 3.05) is 15.9 Å². The number of benzene rings is 3. The molecular weight excluding hydrogens is 422 g/mol. The first-order chi connectivity index (χ1) is 14.9. The van der Waals surface area contributed by atoms with Crippen molar-refractivity contribution in [3.63, 3.8) is 0 Å². The maximum absolute atomic E-state index is 13.3. The van der Waals surface area contributed by atoms with Gasteiger partial charge in [0.05, 0.1) is 15.9 Å². The van der Waals surface area contributed by atoms with E-state index in [2.05, 4.69) is 9.97 Å². The van der Waals surface area contributed by atoms with Crippen LogP contribution in [0.15, 0.2) is 77.7 Å². The van der Waals surface area contributed by atoms with Crippen LogP contribution in [0.5, 0.6) is 0 Å². The summed E-state index contributed by atoms with van der Waals surface area (Å²) in [5.74, 6) is -0.264. The van der Waals surface area contributed by atoms with Crippen LogP contribution in [0.3, 0.4) is 0 Å². The molecule has 156 valence electrons. The fourth-order valence-electron chi connectivity index (χ4n) is 3.51. The third-order valence-corrected chi connectivity index (χ3v) is 6.79. The number of sulfonamides is 1. The Labute approximate surface area is 177 Å². The Balaban J connectivity index is 1.61. The van der Waals surface area contributed by atoms with Crippen LogP contribution in [0.4, 0.5) is 20.4 Å². The minimum absolute atomic E-state index is 0.0251. The van der Waals surface area contributed by atoms with Crippen LogP contribution >= 0.6 is 0 Å². The Morgan fingerprint density at radius 3 is 1.94 bits per heavy atom. The summed E-state index contributed by atoms with van der Waals surface area (Å²) >= 11 is 0. The van der Waals surface area contributed by atoms with Gasteiger partial charge in [0.15, 0.2) is 11.6 Å². The average molecular weight is 438 g/mol. The number of fused-ring (bicyclic) bond motifs is 2. The first-order valence-corrected chi connectivity index (χ1v) is 10.9. The summed E-state index contributed by atoms with van der Waals surface area (Å²) in [6.07, 6.45) is 0. The number of halogens is 2. The summed E-state index contributed by atoms with van der Waals surface area (Å²) in [4.78, 5) is 10.9. The van der Waals surface area contributed by atoms with Crippen molar-refractivity contribution in [1.29, 1.82) is 0 Å². The Morgan fingerprint density at radius 1 is 0.774 bits per heavy atom. The van der Waals surface area contributed by atoms with Gasteiger partial charge in [-0.2, -0.15) is 0 Å². The van der Waals surface area contributed by atoms with E-state index >= 15 is 0 Å². The Kier molecular flexibility index (Phi) is 4.55. The van der Waals surface area contributed by atoms with Crippen molar-refractivity contribution in [3.05, 3.63) is 90.0 Å². The second-order valence-corrected chi connectivity index (χ2v) is 9.00. The predicted octanol–water partition coefficient (Wildman–Crippen LogP) is 4.08. The molecule has 1 aromatic heterocycles. The Hall–Kier alpha value is -3.59. The summed E-state index contributed by atoms with van der Waals surface area (Å²) < 4.78 is 54.5. The normalized spacial score (nSPS) is 13.6. The molecule has 0 N–H and O–H groups in total. The summed E-state index contributed by atoms with van der Waals surface area (Å²) in [7, 11) is -4.01. The molecule has 4 aromatic rings. The summed E-state index contributed by atoms with van der Waals surface area (Å²) in [5, 5.41) is 0. The number of rotatable bonds is 4. The first kappa shape index (κ1) is 19.4. The third-order valence-electron chi connectivity index (χ3n) is 5.06. The van der Waals surface area contributed by atoms with Gasteiger partial charge in [-0.15, -0.1) is 0 Å². The highest BCUT2D eigenvalue weighted by Gasteiger charge is 2.38.